The first-order valence-electron chi connectivity index (χ1n) is 6.67. The molecule has 1 aromatic heterocycles. The molecule has 0 aliphatic rings. The number of nitrogens with zero attached hydrogens (tertiary/aromatic N) is 2. The molecule has 0 saturated carbocycles. The van der Waals surface area contributed by atoms with E-state index in [9.17, 15) is 0 Å². The summed E-state index contributed by atoms with van der Waals surface area (Å²) in [6.07, 6.45) is 0.583. The SMILES string of the molecule is COc1ccccc1Cc1nc(Cl)c(Br)c(C(C)(C)C)n1. The maximum absolute atomic E-state index is 6.24. The van der Waals surface area contributed by atoms with Crippen molar-refractivity contribution in [1.82, 2.24) is 9.97 Å². The van der Waals surface area contributed by atoms with Gasteiger partial charge in [-0.25, -0.2) is 9.97 Å². The van der Waals surface area contributed by atoms with Gasteiger partial charge in [0.15, 0.2) is 0 Å². The number of methoxy groups -OCH3 is 1. The lowest BCUT2D eigenvalue weighted by Gasteiger charge is -2.20. The summed E-state index contributed by atoms with van der Waals surface area (Å²) in [5, 5.41) is 0.444. The highest BCUT2D eigenvalue weighted by molar-refractivity contribution is 9.10. The van der Waals surface area contributed by atoms with Crippen molar-refractivity contribution < 1.29 is 4.74 Å². The van der Waals surface area contributed by atoms with Crippen LogP contribution in [0.1, 0.15) is 37.9 Å². The molecule has 0 N–H and O–H groups in total. The second-order valence-electron chi connectivity index (χ2n) is 5.83. The van der Waals surface area contributed by atoms with Crippen LogP contribution >= 0.6 is 27.5 Å². The molecule has 1 heterocycles. The lowest BCUT2D eigenvalue weighted by Crippen LogP contribution is -2.17. The molecule has 0 aliphatic carbocycles. The molecule has 0 bridgehead atoms. The summed E-state index contributed by atoms with van der Waals surface area (Å²) in [6, 6.07) is 7.86. The molecule has 2 rings (SSSR count). The Labute approximate surface area is 138 Å². The zero-order valence-corrected chi connectivity index (χ0v) is 14.9. The van der Waals surface area contributed by atoms with E-state index in [2.05, 4.69) is 46.7 Å². The zero-order chi connectivity index (χ0) is 15.6. The highest BCUT2D eigenvalue weighted by Crippen LogP contribution is 2.32. The summed E-state index contributed by atoms with van der Waals surface area (Å²) < 4.78 is 6.14. The summed E-state index contributed by atoms with van der Waals surface area (Å²) >= 11 is 9.72. The quantitative estimate of drug-likeness (QED) is 0.730. The lowest BCUT2D eigenvalue weighted by molar-refractivity contribution is 0.410. The summed E-state index contributed by atoms with van der Waals surface area (Å²) in [6.45, 7) is 6.30. The molecule has 112 valence electrons. The summed E-state index contributed by atoms with van der Waals surface area (Å²) in [7, 11) is 1.66. The monoisotopic (exact) mass is 368 g/mol. The third-order valence-electron chi connectivity index (χ3n) is 3.11. The first kappa shape index (κ1) is 16.2. The van der Waals surface area contributed by atoms with E-state index in [0.29, 0.717) is 17.4 Å². The Balaban J connectivity index is 2.44. The van der Waals surface area contributed by atoms with Crippen molar-refractivity contribution in [3.8, 4) is 5.75 Å². The van der Waals surface area contributed by atoms with Crippen LogP contribution in [0.2, 0.25) is 5.15 Å². The van der Waals surface area contributed by atoms with Crippen LogP contribution in [0.3, 0.4) is 0 Å². The van der Waals surface area contributed by atoms with Crippen molar-refractivity contribution in [3.63, 3.8) is 0 Å². The number of ether oxygens (including phenoxy) is 1. The van der Waals surface area contributed by atoms with Gasteiger partial charge in [0.05, 0.1) is 17.3 Å². The van der Waals surface area contributed by atoms with Crippen LogP contribution in [0.25, 0.3) is 0 Å². The number of hydrogen-bond acceptors (Lipinski definition) is 3. The topological polar surface area (TPSA) is 35.0 Å². The molecule has 0 saturated heterocycles. The van der Waals surface area contributed by atoms with Gasteiger partial charge in [-0.1, -0.05) is 50.6 Å². The zero-order valence-electron chi connectivity index (χ0n) is 12.6. The highest BCUT2D eigenvalue weighted by atomic mass is 79.9. The van der Waals surface area contributed by atoms with E-state index in [4.69, 9.17) is 16.3 Å². The first-order valence-corrected chi connectivity index (χ1v) is 7.84. The smallest absolute Gasteiger partial charge is 0.147 e. The standard InChI is InChI=1S/C16H18BrClN2O/c1-16(2,3)14-13(17)15(18)20-12(19-14)9-10-7-5-6-8-11(10)21-4/h5-8H,9H2,1-4H3. The normalized spacial score (nSPS) is 11.5. The lowest BCUT2D eigenvalue weighted by atomic mass is 9.92. The van der Waals surface area contributed by atoms with E-state index >= 15 is 0 Å². The molecule has 0 fully saturated rings. The fourth-order valence-electron chi connectivity index (χ4n) is 2.06. The second kappa shape index (κ2) is 6.32. The molecule has 21 heavy (non-hydrogen) atoms. The predicted molar refractivity (Wildman–Crippen MR) is 89.2 cm³/mol. The average molecular weight is 370 g/mol. The van der Waals surface area contributed by atoms with Crippen LogP contribution in [0.5, 0.6) is 5.75 Å². The molecule has 0 aliphatic heterocycles. The highest BCUT2D eigenvalue weighted by Gasteiger charge is 2.22. The van der Waals surface area contributed by atoms with E-state index in [-0.39, 0.29) is 5.41 Å². The van der Waals surface area contributed by atoms with Gasteiger partial charge in [-0.15, -0.1) is 0 Å². The molecular weight excluding hydrogens is 352 g/mol. The minimum absolute atomic E-state index is 0.110. The third kappa shape index (κ3) is 3.74. The maximum Gasteiger partial charge on any atom is 0.147 e. The van der Waals surface area contributed by atoms with Crippen molar-refractivity contribution in [1.29, 1.82) is 0 Å². The Kier molecular flexibility index (Phi) is 4.89. The molecule has 0 unspecified atom stereocenters. The maximum atomic E-state index is 6.24. The Morgan fingerprint density at radius 3 is 2.48 bits per heavy atom. The number of benzene rings is 1. The van der Waals surface area contributed by atoms with Crippen LogP contribution in [-0.4, -0.2) is 17.1 Å². The molecule has 3 nitrogen and oxygen atoms in total. The van der Waals surface area contributed by atoms with Crippen molar-refractivity contribution in [2.75, 3.05) is 7.11 Å². The van der Waals surface area contributed by atoms with Gasteiger partial charge in [0.2, 0.25) is 0 Å². The Hall–Kier alpha value is -1.13. The number of rotatable bonds is 3. The van der Waals surface area contributed by atoms with Crippen LogP contribution in [0.4, 0.5) is 0 Å². The van der Waals surface area contributed by atoms with E-state index in [1.54, 1.807) is 7.11 Å². The van der Waals surface area contributed by atoms with Crippen LogP contribution in [-0.2, 0) is 11.8 Å². The molecule has 0 radical (unpaired) electrons. The van der Waals surface area contributed by atoms with Gasteiger partial charge in [0, 0.05) is 17.4 Å². The average Bonchev–Trinajstić information content (AvgIpc) is 2.42. The summed E-state index contributed by atoms with van der Waals surface area (Å²) in [5.74, 6) is 1.52. The number of halogens is 2. The summed E-state index contributed by atoms with van der Waals surface area (Å²) in [4.78, 5) is 9.05. The van der Waals surface area contributed by atoms with Crippen molar-refractivity contribution in [3.05, 3.63) is 51.0 Å². The van der Waals surface area contributed by atoms with Crippen molar-refractivity contribution >= 4 is 27.5 Å². The van der Waals surface area contributed by atoms with E-state index in [1.165, 1.54) is 0 Å². The van der Waals surface area contributed by atoms with Gasteiger partial charge >= 0.3 is 0 Å². The van der Waals surface area contributed by atoms with Gasteiger partial charge in [-0.05, 0) is 22.0 Å². The van der Waals surface area contributed by atoms with E-state index in [1.807, 2.05) is 24.3 Å². The van der Waals surface area contributed by atoms with Gasteiger partial charge in [-0.3, -0.25) is 0 Å². The van der Waals surface area contributed by atoms with Gasteiger partial charge in [0.1, 0.15) is 16.7 Å². The molecule has 5 heteroatoms. The van der Waals surface area contributed by atoms with Crippen LogP contribution < -0.4 is 4.74 Å². The largest absolute Gasteiger partial charge is 0.496 e. The fourth-order valence-corrected chi connectivity index (χ4v) is 3.02. The molecule has 0 spiro atoms. The Morgan fingerprint density at radius 1 is 1.19 bits per heavy atom. The van der Waals surface area contributed by atoms with E-state index < -0.39 is 0 Å². The minimum Gasteiger partial charge on any atom is -0.496 e. The Bertz CT molecular complexity index is 653. The predicted octanol–water partition coefficient (Wildman–Crippen LogP) is 4.79. The number of aromatic nitrogens is 2. The molecule has 0 atom stereocenters. The number of para-hydroxylation sites is 1. The second-order valence-corrected chi connectivity index (χ2v) is 6.98. The van der Waals surface area contributed by atoms with Crippen molar-refractivity contribution in [2.45, 2.75) is 32.6 Å². The molecule has 1 aromatic carbocycles. The summed E-state index contributed by atoms with van der Waals surface area (Å²) in [5.41, 5.74) is 1.84. The third-order valence-corrected chi connectivity index (χ3v) is 4.36. The molecule has 2 aromatic rings. The van der Waals surface area contributed by atoms with Gasteiger partial charge in [0.25, 0.3) is 0 Å². The van der Waals surface area contributed by atoms with Crippen molar-refractivity contribution in [2.24, 2.45) is 0 Å². The van der Waals surface area contributed by atoms with Gasteiger partial charge in [-0.2, -0.15) is 0 Å². The molecular formula is C16H18BrClN2O. The molecule has 0 amide bonds. The van der Waals surface area contributed by atoms with E-state index in [0.717, 1.165) is 21.5 Å². The Morgan fingerprint density at radius 2 is 1.86 bits per heavy atom. The van der Waals surface area contributed by atoms with Crippen LogP contribution in [0.15, 0.2) is 28.7 Å². The number of hydrogen-bond donors (Lipinski definition) is 0. The first-order chi connectivity index (χ1) is 9.82. The minimum atomic E-state index is -0.110. The fraction of sp³-hybridized carbons (Fsp3) is 0.375. The van der Waals surface area contributed by atoms with Gasteiger partial charge < -0.3 is 4.74 Å². The van der Waals surface area contributed by atoms with Crippen LogP contribution in [0, 0.1) is 0 Å².